The van der Waals surface area contributed by atoms with Gasteiger partial charge >= 0.3 is 6.36 Å². The van der Waals surface area contributed by atoms with Crippen molar-refractivity contribution in [3.8, 4) is 17.2 Å². The zero-order valence-corrected chi connectivity index (χ0v) is 21.7. The van der Waals surface area contributed by atoms with Gasteiger partial charge in [0.05, 0.1) is 26.3 Å². The Bertz CT molecular complexity index is 1330. The minimum Gasteiger partial charge on any atom is -0.497 e. The molecule has 0 saturated carbocycles. The van der Waals surface area contributed by atoms with Gasteiger partial charge in [0.2, 0.25) is 5.91 Å². The summed E-state index contributed by atoms with van der Waals surface area (Å²) in [5.41, 5.74) is 1.58. The van der Waals surface area contributed by atoms with Gasteiger partial charge in [0, 0.05) is 12.2 Å². The van der Waals surface area contributed by atoms with E-state index in [1.807, 2.05) is 0 Å². The monoisotopic (exact) mass is 559 g/mol. The summed E-state index contributed by atoms with van der Waals surface area (Å²) in [6.07, 6.45) is -5.03. The quantitative estimate of drug-likeness (QED) is 0.364. The molecule has 1 aliphatic heterocycles. The van der Waals surface area contributed by atoms with Crippen LogP contribution in [0.25, 0.3) is 0 Å². The predicted molar refractivity (Wildman–Crippen MR) is 142 cm³/mol. The Hall–Kier alpha value is -4.32. The smallest absolute Gasteiger partial charge is 0.497 e. The Labute approximate surface area is 227 Å². The highest BCUT2D eigenvalue weighted by Crippen LogP contribution is 2.31. The maximum atomic E-state index is 13.6. The van der Waals surface area contributed by atoms with Gasteiger partial charge in [0.15, 0.2) is 5.11 Å². The molecule has 204 valence electrons. The molecule has 3 aromatic rings. The van der Waals surface area contributed by atoms with E-state index in [2.05, 4.69) is 10.1 Å². The van der Waals surface area contributed by atoms with E-state index in [-0.39, 0.29) is 23.8 Å². The third-order valence-electron chi connectivity index (χ3n) is 5.91. The van der Waals surface area contributed by atoms with Crippen molar-refractivity contribution < 1.29 is 37.0 Å². The summed E-state index contributed by atoms with van der Waals surface area (Å²) in [5, 5.41) is 2.92. The van der Waals surface area contributed by atoms with Crippen LogP contribution in [-0.2, 0) is 16.1 Å². The van der Waals surface area contributed by atoms with Crippen molar-refractivity contribution in [2.24, 2.45) is 0 Å². The fraction of sp³-hybridized carbons (Fsp3) is 0.222. The summed E-state index contributed by atoms with van der Waals surface area (Å²) < 4.78 is 51.9. The van der Waals surface area contributed by atoms with Crippen molar-refractivity contribution in [1.82, 2.24) is 4.90 Å². The summed E-state index contributed by atoms with van der Waals surface area (Å²) in [5.74, 6) is 0.00698. The van der Waals surface area contributed by atoms with Gasteiger partial charge in [0.1, 0.15) is 23.3 Å². The molecule has 0 aromatic heterocycles. The highest BCUT2D eigenvalue weighted by Gasteiger charge is 2.44. The molecule has 3 aromatic carbocycles. The van der Waals surface area contributed by atoms with E-state index in [4.69, 9.17) is 21.7 Å². The highest BCUT2D eigenvalue weighted by molar-refractivity contribution is 7.80. The molecule has 0 spiro atoms. The number of alkyl halides is 3. The standard InChI is InChI=1S/C27H24F3N3O5S/c1-36-20-11-5-18(6-12-20)31-24(34)15-23-25(35)33(19-7-13-21(37-2)14-8-19)26(39)32(23)16-17-3-9-22(10-4-17)38-27(28,29)30/h3-14,23H,15-16H2,1-2H3,(H,31,34)/t23-/m0/s1. The van der Waals surface area contributed by atoms with Gasteiger partial charge in [-0.25, -0.2) is 0 Å². The van der Waals surface area contributed by atoms with Crippen molar-refractivity contribution >= 4 is 40.5 Å². The molecule has 0 bridgehead atoms. The number of nitrogens with zero attached hydrogens (tertiary/aromatic N) is 2. The SMILES string of the molecule is COc1ccc(NC(=O)C[C@H]2C(=O)N(c3ccc(OC)cc3)C(=S)N2Cc2ccc(OC(F)(F)F)cc2)cc1. The number of halogens is 3. The van der Waals surface area contributed by atoms with Crippen LogP contribution < -0.4 is 24.4 Å². The number of carbonyl (C=O) groups is 2. The van der Waals surface area contributed by atoms with Gasteiger partial charge in [0.25, 0.3) is 5.91 Å². The second-order valence-electron chi connectivity index (χ2n) is 8.47. The number of methoxy groups -OCH3 is 2. The fourth-order valence-corrected chi connectivity index (χ4v) is 4.43. The number of nitrogens with one attached hydrogen (secondary N) is 1. The molecule has 1 N–H and O–H groups in total. The van der Waals surface area contributed by atoms with Crippen LogP contribution in [0.5, 0.6) is 17.2 Å². The van der Waals surface area contributed by atoms with Gasteiger partial charge in [-0.3, -0.25) is 14.5 Å². The molecule has 1 saturated heterocycles. The molecular formula is C27H24F3N3O5S. The van der Waals surface area contributed by atoms with E-state index in [0.29, 0.717) is 28.4 Å². The lowest BCUT2D eigenvalue weighted by Crippen LogP contribution is -2.37. The summed E-state index contributed by atoms with van der Waals surface area (Å²) in [7, 11) is 3.05. The van der Waals surface area contributed by atoms with E-state index >= 15 is 0 Å². The van der Waals surface area contributed by atoms with E-state index in [0.717, 1.165) is 0 Å². The Kier molecular flexibility index (Phi) is 8.24. The van der Waals surface area contributed by atoms with E-state index in [9.17, 15) is 22.8 Å². The summed E-state index contributed by atoms with van der Waals surface area (Å²) in [4.78, 5) is 29.4. The number of thiocarbonyl (C=S) groups is 1. The van der Waals surface area contributed by atoms with Crippen LogP contribution in [0, 0.1) is 0 Å². The fourth-order valence-electron chi connectivity index (χ4n) is 4.04. The maximum absolute atomic E-state index is 13.6. The molecule has 0 unspecified atom stereocenters. The summed E-state index contributed by atoms with van der Waals surface area (Å²) in [6.45, 7) is 0.0734. The minimum absolute atomic E-state index is 0.0734. The number of ether oxygens (including phenoxy) is 3. The van der Waals surface area contributed by atoms with Crippen molar-refractivity contribution in [2.75, 3.05) is 24.4 Å². The van der Waals surface area contributed by atoms with Crippen molar-refractivity contribution in [3.63, 3.8) is 0 Å². The van der Waals surface area contributed by atoms with Crippen LogP contribution in [0.4, 0.5) is 24.5 Å². The Balaban J connectivity index is 1.57. The van der Waals surface area contributed by atoms with Gasteiger partial charge in [-0.05, 0) is 78.4 Å². The number of hydrogen-bond acceptors (Lipinski definition) is 6. The second-order valence-corrected chi connectivity index (χ2v) is 8.84. The number of rotatable bonds is 9. The van der Waals surface area contributed by atoms with Crippen LogP contribution in [-0.4, -0.2) is 48.5 Å². The first-order valence-electron chi connectivity index (χ1n) is 11.6. The molecule has 1 fully saturated rings. The topological polar surface area (TPSA) is 80.3 Å². The lowest BCUT2D eigenvalue weighted by Gasteiger charge is -2.24. The number of hydrogen-bond donors (Lipinski definition) is 1. The van der Waals surface area contributed by atoms with Crippen molar-refractivity contribution in [1.29, 1.82) is 0 Å². The molecule has 12 heteroatoms. The molecule has 1 atom stereocenters. The van der Waals surface area contributed by atoms with Crippen LogP contribution in [0.3, 0.4) is 0 Å². The van der Waals surface area contributed by atoms with E-state index < -0.39 is 24.2 Å². The zero-order chi connectivity index (χ0) is 28.2. The zero-order valence-electron chi connectivity index (χ0n) is 20.9. The first-order valence-corrected chi connectivity index (χ1v) is 12.1. The van der Waals surface area contributed by atoms with Crippen molar-refractivity contribution in [3.05, 3.63) is 78.4 Å². The van der Waals surface area contributed by atoms with Gasteiger partial charge in [-0.1, -0.05) is 12.1 Å². The molecule has 8 nitrogen and oxygen atoms in total. The highest BCUT2D eigenvalue weighted by atomic mass is 32.1. The Morgan fingerprint density at radius 2 is 1.44 bits per heavy atom. The normalized spacial score (nSPS) is 15.4. The second kappa shape index (κ2) is 11.6. The van der Waals surface area contributed by atoms with Gasteiger partial charge in [-0.2, -0.15) is 0 Å². The molecule has 39 heavy (non-hydrogen) atoms. The number of carbonyl (C=O) groups excluding carboxylic acids is 2. The van der Waals surface area contributed by atoms with E-state index in [1.165, 1.54) is 43.4 Å². The largest absolute Gasteiger partial charge is 0.573 e. The third kappa shape index (κ3) is 6.77. The first kappa shape index (κ1) is 27.7. The minimum atomic E-state index is -4.81. The predicted octanol–water partition coefficient (Wildman–Crippen LogP) is 5.13. The Morgan fingerprint density at radius 1 is 0.897 bits per heavy atom. The van der Waals surface area contributed by atoms with Gasteiger partial charge < -0.3 is 24.4 Å². The van der Waals surface area contributed by atoms with Crippen LogP contribution in [0.1, 0.15) is 12.0 Å². The number of benzene rings is 3. The lowest BCUT2D eigenvalue weighted by molar-refractivity contribution is -0.274. The van der Waals surface area contributed by atoms with Gasteiger partial charge in [-0.15, -0.1) is 13.2 Å². The average molecular weight is 560 g/mol. The Morgan fingerprint density at radius 3 is 1.97 bits per heavy atom. The first-order chi connectivity index (χ1) is 18.6. The molecule has 0 radical (unpaired) electrons. The summed E-state index contributed by atoms with van der Waals surface area (Å²) in [6, 6.07) is 17.7. The van der Waals surface area contributed by atoms with Crippen LogP contribution >= 0.6 is 12.2 Å². The summed E-state index contributed by atoms with van der Waals surface area (Å²) >= 11 is 5.65. The van der Waals surface area contributed by atoms with Crippen molar-refractivity contribution in [2.45, 2.75) is 25.4 Å². The number of amides is 2. The third-order valence-corrected chi connectivity index (χ3v) is 6.33. The molecule has 1 heterocycles. The molecule has 1 aliphatic rings. The maximum Gasteiger partial charge on any atom is 0.573 e. The molecule has 4 rings (SSSR count). The molecular weight excluding hydrogens is 535 g/mol. The van der Waals surface area contributed by atoms with Crippen LogP contribution in [0.2, 0.25) is 0 Å². The lowest BCUT2D eigenvalue weighted by atomic mass is 10.1. The molecule has 2 amide bonds. The number of anilines is 2. The van der Waals surface area contributed by atoms with E-state index in [1.54, 1.807) is 53.4 Å². The molecule has 0 aliphatic carbocycles. The van der Waals surface area contributed by atoms with Crippen LogP contribution in [0.15, 0.2) is 72.8 Å². The average Bonchev–Trinajstić information content (AvgIpc) is 3.13.